The zero-order valence-corrected chi connectivity index (χ0v) is 13.2. The van der Waals surface area contributed by atoms with E-state index in [1.807, 2.05) is 5.38 Å². The van der Waals surface area contributed by atoms with E-state index in [4.69, 9.17) is 0 Å². The second-order valence-corrected chi connectivity index (χ2v) is 7.87. The Labute approximate surface area is 122 Å². The molecular weight excluding hydrogens is 280 g/mol. The summed E-state index contributed by atoms with van der Waals surface area (Å²) in [6.07, 6.45) is 0.536. The quantitative estimate of drug-likeness (QED) is 0.895. The zero-order valence-electron chi connectivity index (χ0n) is 11.5. The number of hydrogen-bond donors (Lipinski definition) is 2. The number of carbonyl (C=O) groups excluding carboxylic acids is 1. The molecule has 0 saturated carbocycles. The first-order chi connectivity index (χ1) is 8.81. The van der Waals surface area contributed by atoms with Gasteiger partial charge < -0.3 is 10.4 Å². The van der Waals surface area contributed by atoms with Crippen molar-refractivity contribution in [2.45, 2.75) is 44.8 Å². The molecule has 1 unspecified atom stereocenters. The van der Waals surface area contributed by atoms with E-state index in [1.54, 1.807) is 23.1 Å². The Balaban J connectivity index is 1.92. The van der Waals surface area contributed by atoms with Crippen LogP contribution in [-0.4, -0.2) is 33.1 Å². The molecular formula is C13H20N2O2S2. The van der Waals surface area contributed by atoms with Crippen molar-refractivity contribution in [2.24, 2.45) is 0 Å². The summed E-state index contributed by atoms with van der Waals surface area (Å²) in [6, 6.07) is 0. The molecule has 19 heavy (non-hydrogen) atoms. The van der Waals surface area contributed by atoms with Crippen LogP contribution < -0.4 is 5.32 Å². The highest BCUT2D eigenvalue weighted by Gasteiger charge is 2.39. The maximum absolute atomic E-state index is 11.9. The molecule has 1 aliphatic rings. The molecule has 2 rings (SSSR count). The molecule has 0 bridgehead atoms. The number of nitrogens with one attached hydrogen (secondary N) is 1. The van der Waals surface area contributed by atoms with Crippen molar-refractivity contribution in [2.75, 3.05) is 11.5 Å². The third kappa shape index (κ3) is 3.49. The van der Waals surface area contributed by atoms with E-state index in [1.165, 1.54) is 0 Å². The summed E-state index contributed by atoms with van der Waals surface area (Å²) in [5.74, 6) is 1.06. The van der Waals surface area contributed by atoms with E-state index in [9.17, 15) is 9.90 Å². The molecule has 1 aromatic rings. The number of rotatable bonds is 3. The second kappa shape index (κ2) is 5.42. The normalized spacial score (nSPS) is 23.6. The summed E-state index contributed by atoms with van der Waals surface area (Å²) in [6.45, 7) is 6.74. The Morgan fingerprint density at radius 1 is 1.58 bits per heavy atom. The van der Waals surface area contributed by atoms with E-state index < -0.39 is 5.60 Å². The van der Waals surface area contributed by atoms with E-state index in [0.29, 0.717) is 18.7 Å². The summed E-state index contributed by atoms with van der Waals surface area (Å²) in [5.41, 5.74) is -0.293. The number of aromatic nitrogens is 1. The summed E-state index contributed by atoms with van der Waals surface area (Å²) in [5, 5.41) is 15.9. The van der Waals surface area contributed by atoms with Crippen molar-refractivity contribution >= 4 is 29.0 Å². The van der Waals surface area contributed by atoms with Gasteiger partial charge >= 0.3 is 0 Å². The molecule has 0 radical (unpaired) electrons. The first kappa shape index (κ1) is 14.8. The molecule has 4 nitrogen and oxygen atoms in total. The van der Waals surface area contributed by atoms with Gasteiger partial charge in [-0.25, -0.2) is 4.98 Å². The fourth-order valence-corrected chi connectivity index (χ4v) is 3.95. The van der Waals surface area contributed by atoms with Crippen LogP contribution >= 0.6 is 23.1 Å². The van der Waals surface area contributed by atoms with Crippen LogP contribution in [0.25, 0.3) is 0 Å². The number of amides is 1. The number of nitrogens with zero attached hydrogens (tertiary/aromatic N) is 1. The molecule has 1 amide bonds. The van der Waals surface area contributed by atoms with Crippen LogP contribution in [0.5, 0.6) is 0 Å². The largest absolute Gasteiger partial charge is 0.379 e. The maximum atomic E-state index is 11.9. The fraction of sp³-hybridized carbons (Fsp3) is 0.692. The lowest BCUT2D eigenvalue weighted by atomic mass is 9.98. The SMILES string of the molecule is CC(C)(C)c1nc(CNC(=O)C2(O)CCSC2)cs1. The molecule has 1 saturated heterocycles. The molecule has 2 N–H and O–H groups in total. The van der Waals surface area contributed by atoms with Gasteiger partial charge in [-0.2, -0.15) is 11.8 Å². The average Bonchev–Trinajstić information content (AvgIpc) is 2.94. The van der Waals surface area contributed by atoms with Crippen molar-refractivity contribution in [3.05, 3.63) is 16.1 Å². The third-order valence-electron chi connectivity index (χ3n) is 3.05. The van der Waals surface area contributed by atoms with Crippen molar-refractivity contribution in [1.82, 2.24) is 10.3 Å². The van der Waals surface area contributed by atoms with Crippen LogP contribution in [0.15, 0.2) is 5.38 Å². The number of hydrogen-bond acceptors (Lipinski definition) is 5. The van der Waals surface area contributed by atoms with Crippen LogP contribution in [0.1, 0.15) is 37.9 Å². The Morgan fingerprint density at radius 2 is 2.32 bits per heavy atom. The van der Waals surface area contributed by atoms with Crippen molar-refractivity contribution in [3.8, 4) is 0 Å². The molecule has 1 fully saturated rings. The Morgan fingerprint density at radius 3 is 2.84 bits per heavy atom. The van der Waals surface area contributed by atoms with Crippen LogP contribution in [0, 0.1) is 0 Å². The number of aliphatic hydroxyl groups is 1. The molecule has 106 valence electrons. The topological polar surface area (TPSA) is 62.2 Å². The summed E-state index contributed by atoms with van der Waals surface area (Å²) >= 11 is 3.22. The van der Waals surface area contributed by atoms with Gasteiger partial charge in [0, 0.05) is 16.5 Å². The molecule has 1 atom stereocenters. The minimum absolute atomic E-state index is 0.0349. The summed E-state index contributed by atoms with van der Waals surface area (Å²) in [4.78, 5) is 16.5. The molecule has 6 heteroatoms. The van der Waals surface area contributed by atoms with Gasteiger partial charge in [0.15, 0.2) is 5.60 Å². The van der Waals surface area contributed by atoms with Gasteiger partial charge in [0.2, 0.25) is 0 Å². The highest BCUT2D eigenvalue weighted by atomic mass is 32.2. The van der Waals surface area contributed by atoms with E-state index in [-0.39, 0.29) is 11.3 Å². The van der Waals surface area contributed by atoms with Gasteiger partial charge in [0.1, 0.15) is 0 Å². The smallest absolute Gasteiger partial charge is 0.253 e. The molecule has 2 heterocycles. The first-order valence-electron chi connectivity index (χ1n) is 6.35. The van der Waals surface area contributed by atoms with Crippen LogP contribution in [-0.2, 0) is 16.8 Å². The maximum Gasteiger partial charge on any atom is 0.253 e. The zero-order chi connectivity index (χ0) is 14.1. The van der Waals surface area contributed by atoms with Gasteiger partial charge in [-0.15, -0.1) is 11.3 Å². The lowest BCUT2D eigenvalue weighted by molar-refractivity contribution is -0.137. The molecule has 0 spiro atoms. The second-order valence-electron chi connectivity index (χ2n) is 5.91. The fourth-order valence-electron chi connectivity index (χ4n) is 1.80. The molecule has 0 aliphatic carbocycles. The molecule has 1 aromatic heterocycles. The van der Waals surface area contributed by atoms with Crippen molar-refractivity contribution < 1.29 is 9.90 Å². The van der Waals surface area contributed by atoms with Crippen molar-refractivity contribution in [1.29, 1.82) is 0 Å². The third-order valence-corrected chi connectivity index (χ3v) is 5.54. The highest BCUT2D eigenvalue weighted by molar-refractivity contribution is 7.99. The predicted octanol–water partition coefficient (Wildman–Crippen LogP) is 1.92. The molecule has 1 aliphatic heterocycles. The van der Waals surface area contributed by atoms with Gasteiger partial charge in [-0.3, -0.25) is 4.79 Å². The van der Waals surface area contributed by atoms with Crippen LogP contribution in [0.2, 0.25) is 0 Å². The lowest BCUT2D eigenvalue weighted by Crippen LogP contribution is -2.46. The minimum Gasteiger partial charge on any atom is -0.379 e. The van der Waals surface area contributed by atoms with E-state index >= 15 is 0 Å². The number of thiazole rings is 1. The number of thioether (sulfide) groups is 1. The summed E-state index contributed by atoms with van der Waals surface area (Å²) < 4.78 is 0. The van der Waals surface area contributed by atoms with E-state index in [0.717, 1.165) is 16.5 Å². The van der Waals surface area contributed by atoms with Gasteiger partial charge in [0.05, 0.1) is 17.2 Å². The van der Waals surface area contributed by atoms with E-state index in [2.05, 4.69) is 31.1 Å². The minimum atomic E-state index is -1.19. The highest BCUT2D eigenvalue weighted by Crippen LogP contribution is 2.28. The van der Waals surface area contributed by atoms with Gasteiger partial charge in [-0.1, -0.05) is 20.8 Å². The first-order valence-corrected chi connectivity index (χ1v) is 8.38. The average molecular weight is 300 g/mol. The Hall–Kier alpha value is -0.590. The Bertz CT molecular complexity index is 459. The Kier molecular flexibility index (Phi) is 4.23. The molecule has 0 aromatic carbocycles. The number of carbonyl (C=O) groups is 1. The van der Waals surface area contributed by atoms with Gasteiger partial charge in [0.25, 0.3) is 5.91 Å². The van der Waals surface area contributed by atoms with Gasteiger partial charge in [-0.05, 0) is 12.2 Å². The summed E-state index contributed by atoms with van der Waals surface area (Å²) in [7, 11) is 0. The monoisotopic (exact) mass is 300 g/mol. The predicted molar refractivity (Wildman–Crippen MR) is 79.6 cm³/mol. The van der Waals surface area contributed by atoms with Crippen LogP contribution in [0.4, 0.5) is 0 Å². The van der Waals surface area contributed by atoms with Crippen molar-refractivity contribution in [3.63, 3.8) is 0 Å². The van der Waals surface area contributed by atoms with Crippen LogP contribution in [0.3, 0.4) is 0 Å². The standard InChI is InChI=1S/C13H20N2O2S2/c1-12(2,3)11-15-9(7-19-11)6-14-10(16)13(17)4-5-18-8-13/h7,17H,4-6,8H2,1-3H3,(H,14,16). The lowest BCUT2D eigenvalue weighted by Gasteiger charge is -2.19.